The first-order valence-electron chi connectivity index (χ1n) is 23.8. The topological polar surface area (TPSA) is 113 Å². The molecule has 9 heteroatoms. The van der Waals surface area contributed by atoms with Crippen molar-refractivity contribution in [2.24, 2.45) is 5.73 Å². The summed E-state index contributed by atoms with van der Waals surface area (Å²) in [6.07, 6.45) is 0. The maximum atomic E-state index is 9.00. The second kappa shape index (κ2) is 32.9. The van der Waals surface area contributed by atoms with Gasteiger partial charge >= 0.3 is 19.5 Å². The van der Waals surface area contributed by atoms with Crippen molar-refractivity contribution in [1.82, 2.24) is 9.97 Å². The SMILES string of the molecule is C.CC(=O)O.Cc1c[c-]c(-c2cccc(C[NH-])n2)cc1.Cc1ccc(-c2cccc(CN)n2)cc1.[Ru+2].c1ccc([PH+](c2ccccc2)c2ccccc2)cc1.c1ccc([PH+](c2ccccc2)c2ccccc2)cc1. The van der Waals surface area contributed by atoms with E-state index in [2.05, 4.69) is 229 Å². The standard InChI is InChI=1S/2C18H15P.C13H14N2.C13H12N2.C2H4O2.CH4.Ru/c2*1-4-10-16(11-5-1)19(17-12-6-2-7-13-17)18-14-8-3-9-15-18;2*1-10-5-7-11(8-6-10)13-4-2-3-12(9-14)15-13;1-2(3)4;;/h2*1-15H;2-8H,9,14H2,1H3;2-7,14H,9H2,1H3;1H3,(H,3,4);1H4;/q;;;-2;;;+2/p+2. The van der Waals surface area contributed by atoms with Gasteiger partial charge in [-0.1, -0.05) is 172 Å². The molecular weight excluding hydrogens is 1030 g/mol. The minimum atomic E-state index is -0.877. The van der Waals surface area contributed by atoms with Crippen molar-refractivity contribution in [3.05, 3.63) is 295 Å². The van der Waals surface area contributed by atoms with Gasteiger partial charge in [0.25, 0.3) is 5.97 Å². The summed E-state index contributed by atoms with van der Waals surface area (Å²) in [5.74, 6) is -0.833. The van der Waals surface area contributed by atoms with Crippen molar-refractivity contribution in [3.63, 3.8) is 0 Å². The molecule has 6 nitrogen and oxygen atoms in total. The summed E-state index contributed by atoms with van der Waals surface area (Å²) in [6, 6.07) is 94.2. The summed E-state index contributed by atoms with van der Waals surface area (Å²) in [7, 11) is -1.75. The van der Waals surface area contributed by atoms with Crippen LogP contribution in [0, 0.1) is 19.9 Å². The van der Waals surface area contributed by atoms with Crippen molar-refractivity contribution < 1.29 is 29.4 Å². The fourth-order valence-corrected chi connectivity index (χ4v) is 12.7. The Morgan fingerprint density at radius 3 is 1.12 bits per heavy atom. The number of carboxylic acids is 1. The number of aliphatic carboxylic acids is 1. The smallest absolute Gasteiger partial charge is 0.672 e. The van der Waals surface area contributed by atoms with Crippen molar-refractivity contribution in [2.75, 3.05) is 0 Å². The van der Waals surface area contributed by atoms with Crippen LogP contribution in [0.15, 0.2) is 261 Å². The van der Waals surface area contributed by atoms with Crippen molar-refractivity contribution in [1.29, 1.82) is 0 Å². The minimum Gasteiger partial charge on any atom is -0.672 e. The van der Waals surface area contributed by atoms with E-state index in [9.17, 15) is 0 Å². The molecule has 374 valence electrons. The van der Waals surface area contributed by atoms with Gasteiger partial charge in [0.05, 0.1) is 27.2 Å². The molecule has 0 amide bonds. The summed E-state index contributed by atoms with van der Waals surface area (Å²) >= 11 is 0. The van der Waals surface area contributed by atoms with E-state index in [0.29, 0.717) is 6.54 Å². The van der Waals surface area contributed by atoms with Crippen LogP contribution in [0.3, 0.4) is 0 Å². The predicted molar refractivity (Wildman–Crippen MR) is 317 cm³/mol. The third-order valence-electron chi connectivity index (χ3n) is 11.0. The molecule has 0 saturated heterocycles. The zero-order valence-electron chi connectivity index (χ0n) is 41.4. The predicted octanol–water partition coefficient (Wildman–Crippen LogP) is 13.0. The Balaban J connectivity index is 0.000000208. The number of pyridine rings is 2. The van der Waals surface area contributed by atoms with Gasteiger partial charge in [0.2, 0.25) is 0 Å². The summed E-state index contributed by atoms with van der Waals surface area (Å²) in [6.45, 7) is 5.90. The van der Waals surface area contributed by atoms with E-state index in [4.69, 9.17) is 21.4 Å². The van der Waals surface area contributed by atoms with E-state index in [1.165, 1.54) is 43.0 Å². The van der Waals surface area contributed by atoms with E-state index >= 15 is 0 Å². The number of rotatable bonds is 10. The van der Waals surface area contributed by atoms with Crippen LogP contribution in [-0.4, -0.2) is 21.0 Å². The van der Waals surface area contributed by atoms with Gasteiger partial charge in [-0.05, 0) is 104 Å². The average molecular weight is 1100 g/mol. The van der Waals surface area contributed by atoms with E-state index in [-0.39, 0.29) is 33.4 Å². The van der Waals surface area contributed by atoms with Gasteiger partial charge in [0.15, 0.2) is 0 Å². The van der Waals surface area contributed by atoms with Crippen molar-refractivity contribution in [3.8, 4) is 22.5 Å². The maximum Gasteiger partial charge on any atom is 2.00 e. The van der Waals surface area contributed by atoms with Crippen LogP contribution in [0.1, 0.15) is 36.9 Å². The number of hydrogen-bond donors (Lipinski definition) is 2. The molecule has 0 aliphatic carbocycles. The molecule has 0 atom stereocenters. The number of benzene rings is 8. The van der Waals surface area contributed by atoms with Gasteiger partial charge in [-0.25, -0.2) is 0 Å². The molecule has 10 rings (SSSR count). The van der Waals surface area contributed by atoms with Gasteiger partial charge in [0.1, 0.15) is 31.8 Å². The Bertz CT molecular complexity index is 2690. The quantitative estimate of drug-likeness (QED) is 0.0805. The minimum absolute atomic E-state index is 0. The van der Waals surface area contributed by atoms with Gasteiger partial charge in [-0.2, -0.15) is 0 Å². The molecule has 0 unspecified atom stereocenters. The fraction of sp³-hybridized carbons (Fsp3) is 0.0923. The Morgan fingerprint density at radius 2 is 0.797 bits per heavy atom. The van der Waals surface area contributed by atoms with Crippen LogP contribution in [0.4, 0.5) is 0 Å². The number of hydrogen-bond acceptors (Lipinski definition) is 4. The number of aryl methyl sites for hydroxylation is 2. The summed E-state index contributed by atoms with van der Waals surface area (Å²) in [5, 5.41) is 16.0. The number of nitrogens with one attached hydrogen (secondary N) is 1. The van der Waals surface area contributed by atoms with E-state index in [0.717, 1.165) is 40.8 Å². The van der Waals surface area contributed by atoms with Crippen LogP contribution in [0.2, 0.25) is 0 Å². The molecule has 0 saturated carbocycles. The molecule has 4 N–H and O–H groups in total. The largest absolute Gasteiger partial charge is 2.00 e. The monoisotopic (exact) mass is 1100 g/mol. The molecule has 8 aromatic carbocycles. The average Bonchev–Trinajstić information content (AvgIpc) is 3.44. The number of carbonyl (C=O) groups is 1. The van der Waals surface area contributed by atoms with Crippen LogP contribution in [-0.2, 0) is 37.4 Å². The normalized spacial score (nSPS) is 9.93. The first kappa shape index (κ1) is 59.5. The second-order valence-electron chi connectivity index (χ2n) is 16.5. The Hall–Kier alpha value is -7.07. The third kappa shape index (κ3) is 19.4. The van der Waals surface area contributed by atoms with Gasteiger partial charge in [-0.3, -0.25) is 9.78 Å². The molecule has 2 aromatic heterocycles. The molecule has 0 spiro atoms. The molecule has 10 aromatic rings. The van der Waals surface area contributed by atoms with Gasteiger partial charge in [-0.15, -0.1) is 41.9 Å². The number of nitrogens with two attached hydrogens (primary N) is 1. The van der Waals surface area contributed by atoms with Crippen LogP contribution < -0.4 is 37.6 Å². The Kier molecular flexibility index (Phi) is 26.4. The molecule has 0 aliphatic rings. The summed E-state index contributed by atoms with van der Waals surface area (Å²) < 4.78 is 0. The molecule has 74 heavy (non-hydrogen) atoms. The molecule has 0 bridgehead atoms. The van der Waals surface area contributed by atoms with Crippen molar-refractivity contribution in [2.45, 2.75) is 41.3 Å². The molecule has 0 aliphatic heterocycles. The zero-order chi connectivity index (χ0) is 50.8. The Labute approximate surface area is 454 Å². The number of nitrogens with zero attached hydrogens (tertiary/aromatic N) is 2. The van der Waals surface area contributed by atoms with Gasteiger partial charge < -0.3 is 21.6 Å². The molecular formula is C65H66N4O2P2Ru+2. The molecule has 0 fully saturated rings. The van der Waals surface area contributed by atoms with E-state index < -0.39 is 21.8 Å². The second-order valence-corrected chi connectivity index (χ2v) is 21.5. The van der Waals surface area contributed by atoms with Crippen LogP contribution in [0.25, 0.3) is 28.2 Å². The number of carboxylic acid groups (broad SMARTS) is 1. The fourth-order valence-electron chi connectivity index (χ4n) is 7.50. The first-order chi connectivity index (χ1) is 35.2. The number of aromatic nitrogens is 2. The van der Waals surface area contributed by atoms with Crippen molar-refractivity contribution >= 4 is 53.6 Å². The molecule has 2 heterocycles. The Morgan fingerprint density at radius 1 is 0.473 bits per heavy atom. The van der Waals surface area contributed by atoms with E-state index in [1.54, 1.807) is 0 Å². The first-order valence-corrected chi connectivity index (χ1v) is 26.8. The maximum absolute atomic E-state index is 9.00. The third-order valence-corrected chi connectivity index (χ3v) is 16.4. The van der Waals surface area contributed by atoms with E-state index in [1.807, 2.05) is 61.5 Å². The van der Waals surface area contributed by atoms with Gasteiger partial charge in [0, 0.05) is 24.7 Å². The summed E-state index contributed by atoms with van der Waals surface area (Å²) in [4.78, 5) is 17.8. The summed E-state index contributed by atoms with van der Waals surface area (Å²) in [5.41, 5.74) is 21.0. The van der Waals surface area contributed by atoms with Crippen LogP contribution >= 0.6 is 15.8 Å². The molecule has 0 radical (unpaired) electrons. The van der Waals surface area contributed by atoms with Crippen LogP contribution in [0.5, 0.6) is 0 Å². The zero-order valence-corrected chi connectivity index (χ0v) is 45.2.